The van der Waals surface area contributed by atoms with E-state index in [2.05, 4.69) is 4.98 Å². The second-order valence-corrected chi connectivity index (χ2v) is 4.35. The largest absolute Gasteiger partial charge is 0.455 e. The summed E-state index contributed by atoms with van der Waals surface area (Å²) < 4.78 is 18.6. The molecule has 1 heterocycles. The molecule has 1 atom stereocenters. The Hall–Kier alpha value is -1.94. The zero-order valence-electron chi connectivity index (χ0n) is 10.9. The van der Waals surface area contributed by atoms with Crippen molar-refractivity contribution in [3.63, 3.8) is 0 Å². The number of aromatic nitrogens is 1. The van der Waals surface area contributed by atoms with Crippen molar-refractivity contribution in [3.05, 3.63) is 53.6 Å². The van der Waals surface area contributed by atoms with E-state index in [0.29, 0.717) is 23.6 Å². The normalized spacial score (nSPS) is 12.2. The molecule has 3 nitrogen and oxygen atoms in total. The average molecular weight is 261 g/mol. The SMILES string of the molecule is CC[C@H](O)c1ccc(Oc2ccc(F)cc2C)cn1. The van der Waals surface area contributed by atoms with Crippen LogP contribution in [0.25, 0.3) is 0 Å². The van der Waals surface area contributed by atoms with Crippen LogP contribution in [0, 0.1) is 12.7 Å². The molecule has 0 saturated heterocycles. The molecule has 0 unspecified atom stereocenters. The Labute approximate surface area is 111 Å². The quantitative estimate of drug-likeness (QED) is 0.911. The zero-order valence-corrected chi connectivity index (χ0v) is 10.9. The number of halogens is 1. The average Bonchev–Trinajstić information content (AvgIpc) is 2.42. The molecule has 1 aromatic heterocycles. The van der Waals surface area contributed by atoms with E-state index in [9.17, 15) is 9.50 Å². The number of pyridine rings is 1. The summed E-state index contributed by atoms with van der Waals surface area (Å²) in [6, 6.07) is 7.81. The number of aliphatic hydroxyl groups excluding tert-OH is 1. The summed E-state index contributed by atoms with van der Waals surface area (Å²) in [5.41, 5.74) is 1.34. The lowest BCUT2D eigenvalue weighted by Crippen LogP contribution is -1.98. The maximum absolute atomic E-state index is 13.0. The van der Waals surface area contributed by atoms with Crippen LogP contribution in [0.1, 0.15) is 30.7 Å². The lowest BCUT2D eigenvalue weighted by molar-refractivity contribution is 0.169. The first-order valence-electron chi connectivity index (χ1n) is 6.18. The van der Waals surface area contributed by atoms with Crippen molar-refractivity contribution in [2.75, 3.05) is 0 Å². The van der Waals surface area contributed by atoms with Gasteiger partial charge in [-0.2, -0.15) is 0 Å². The molecule has 0 saturated carbocycles. The molecule has 0 aliphatic rings. The van der Waals surface area contributed by atoms with E-state index in [1.807, 2.05) is 6.92 Å². The molecular formula is C15H16FNO2. The van der Waals surface area contributed by atoms with Gasteiger partial charge < -0.3 is 9.84 Å². The van der Waals surface area contributed by atoms with Crippen LogP contribution in [0.4, 0.5) is 4.39 Å². The first kappa shape index (κ1) is 13.5. The van der Waals surface area contributed by atoms with Crippen LogP contribution >= 0.6 is 0 Å². The van der Waals surface area contributed by atoms with Gasteiger partial charge in [0.25, 0.3) is 0 Å². The van der Waals surface area contributed by atoms with Gasteiger partial charge in [0.2, 0.25) is 0 Å². The minimum atomic E-state index is -0.554. The fourth-order valence-electron chi connectivity index (χ4n) is 1.71. The van der Waals surface area contributed by atoms with Crippen LogP contribution in [0.5, 0.6) is 11.5 Å². The molecule has 100 valence electrons. The number of hydrogen-bond donors (Lipinski definition) is 1. The van der Waals surface area contributed by atoms with Crippen LogP contribution in [-0.2, 0) is 0 Å². The molecule has 19 heavy (non-hydrogen) atoms. The molecule has 2 rings (SSSR count). The second kappa shape index (κ2) is 5.80. The van der Waals surface area contributed by atoms with Gasteiger partial charge in [0.15, 0.2) is 0 Å². The van der Waals surface area contributed by atoms with E-state index >= 15 is 0 Å². The Bertz CT molecular complexity index is 555. The number of ether oxygens (including phenoxy) is 1. The second-order valence-electron chi connectivity index (χ2n) is 4.35. The van der Waals surface area contributed by atoms with Gasteiger partial charge in [-0.3, -0.25) is 4.98 Å². The standard InChI is InChI=1S/C15H16FNO2/c1-3-14(18)13-6-5-12(9-17-13)19-15-7-4-11(16)8-10(15)2/h4-9,14,18H,3H2,1-2H3/t14-/m0/s1. The highest BCUT2D eigenvalue weighted by molar-refractivity contribution is 5.36. The molecule has 0 spiro atoms. The number of aliphatic hydroxyl groups is 1. The Kier molecular flexibility index (Phi) is 4.12. The number of benzene rings is 1. The van der Waals surface area contributed by atoms with E-state index in [4.69, 9.17) is 4.74 Å². The van der Waals surface area contributed by atoms with Crippen LogP contribution in [0.3, 0.4) is 0 Å². The molecule has 0 radical (unpaired) electrons. The van der Waals surface area contributed by atoms with E-state index < -0.39 is 6.10 Å². The van der Waals surface area contributed by atoms with Gasteiger partial charge in [-0.25, -0.2) is 4.39 Å². The van der Waals surface area contributed by atoms with Crippen molar-refractivity contribution in [2.45, 2.75) is 26.4 Å². The zero-order chi connectivity index (χ0) is 13.8. The molecule has 0 aliphatic heterocycles. The van der Waals surface area contributed by atoms with Crippen LogP contribution in [0.15, 0.2) is 36.5 Å². The minimum Gasteiger partial charge on any atom is -0.455 e. The maximum Gasteiger partial charge on any atom is 0.145 e. The summed E-state index contributed by atoms with van der Waals surface area (Å²) in [6.45, 7) is 3.67. The van der Waals surface area contributed by atoms with Crippen molar-refractivity contribution < 1.29 is 14.2 Å². The van der Waals surface area contributed by atoms with Crippen LogP contribution in [-0.4, -0.2) is 10.1 Å². The first-order chi connectivity index (χ1) is 9.10. The molecule has 2 aromatic rings. The van der Waals surface area contributed by atoms with Gasteiger partial charge >= 0.3 is 0 Å². The van der Waals surface area contributed by atoms with Crippen molar-refractivity contribution in [3.8, 4) is 11.5 Å². The third-order valence-electron chi connectivity index (χ3n) is 2.85. The van der Waals surface area contributed by atoms with Crippen molar-refractivity contribution in [2.24, 2.45) is 0 Å². The summed E-state index contributed by atoms with van der Waals surface area (Å²) >= 11 is 0. The van der Waals surface area contributed by atoms with Gasteiger partial charge in [0, 0.05) is 0 Å². The fraction of sp³-hybridized carbons (Fsp3) is 0.267. The summed E-state index contributed by atoms with van der Waals surface area (Å²) in [6.07, 6.45) is 1.61. The summed E-state index contributed by atoms with van der Waals surface area (Å²) in [4.78, 5) is 4.14. The maximum atomic E-state index is 13.0. The van der Waals surface area contributed by atoms with Crippen molar-refractivity contribution in [1.82, 2.24) is 4.98 Å². The van der Waals surface area contributed by atoms with Gasteiger partial charge in [-0.05, 0) is 49.2 Å². The van der Waals surface area contributed by atoms with Gasteiger partial charge in [-0.15, -0.1) is 0 Å². The highest BCUT2D eigenvalue weighted by Gasteiger charge is 2.07. The lowest BCUT2D eigenvalue weighted by Gasteiger charge is -2.10. The molecule has 4 heteroatoms. The van der Waals surface area contributed by atoms with E-state index in [0.717, 1.165) is 5.56 Å². The van der Waals surface area contributed by atoms with Crippen molar-refractivity contribution in [1.29, 1.82) is 0 Å². The third-order valence-corrected chi connectivity index (χ3v) is 2.85. The monoisotopic (exact) mass is 261 g/mol. The highest BCUT2D eigenvalue weighted by Crippen LogP contribution is 2.25. The molecule has 0 amide bonds. The summed E-state index contributed by atoms with van der Waals surface area (Å²) in [5.74, 6) is 0.859. The third kappa shape index (κ3) is 3.29. The fourth-order valence-corrected chi connectivity index (χ4v) is 1.71. The first-order valence-corrected chi connectivity index (χ1v) is 6.18. The number of hydrogen-bond acceptors (Lipinski definition) is 3. The highest BCUT2D eigenvalue weighted by atomic mass is 19.1. The predicted octanol–water partition coefficient (Wildman–Crippen LogP) is 3.76. The van der Waals surface area contributed by atoms with Gasteiger partial charge in [-0.1, -0.05) is 6.92 Å². The minimum absolute atomic E-state index is 0.288. The van der Waals surface area contributed by atoms with Gasteiger partial charge in [0.1, 0.15) is 17.3 Å². The molecular weight excluding hydrogens is 245 g/mol. The number of aryl methyl sites for hydroxylation is 1. The van der Waals surface area contributed by atoms with Gasteiger partial charge in [0.05, 0.1) is 18.0 Å². The Balaban J connectivity index is 2.15. The van der Waals surface area contributed by atoms with Crippen LogP contribution < -0.4 is 4.74 Å². The van der Waals surface area contributed by atoms with Crippen molar-refractivity contribution >= 4 is 0 Å². The number of rotatable bonds is 4. The molecule has 0 bridgehead atoms. The smallest absolute Gasteiger partial charge is 0.145 e. The predicted molar refractivity (Wildman–Crippen MR) is 70.7 cm³/mol. The molecule has 1 N–H and O–H groups in total. The summed E-state index contributed by atoms with van der Waals surface area (Å²) in [5, 5.41) is 9.64. The topological polar surface area (TPSA) is 42.4 Å². The molecule has 0 aliphatic carbocycles. The molecule has 1 aromatic carbocycles. The van der Waals surface area contributed by atoms with E-state index in [-0.39, 0.29) is 5.82 Å². The number of nitrogens with zero attached hydrogens (tertiary/aromatic N) is 1. The lowest BCUT2D eigenvalue weighted by atomic mass is 10.2. The molecule has 0 fully saturated rings. The van der Waals surface area contributed by atoms with E-state index in [1.165, 1.54) is 12.1 Å². The van der Waals surface area contributed by atoms with E-state index in [1.54, 1.807) is 31.3 Å². The van der Waals surface area contributed by atoms with Crippen LogP contribution in [0.2, 0.25) is 0 Å². The Morgan fingerprint density at radius 1 is 1.32 bits per heavy atom. The Morgan fingerprint density at radius 2 is 2.11 bits per heavy atom. The summed E-state index contributed by atoms with van der Waals surface area (Å²) in [7, 11) is 0. The Morgan fingerprint density at radius 3 is 2.68 bits per heavy atom.